The lowest BCUT2D eigenvalue weighted by Gasteiger charge is -2.06. The highest BCUT2D eigenvalue weighted by molar-refractivity contribution is 6.01. The van der Waals surface area contributed by atoms with Crippen LogP contribution in [0.25, 0.3) is 16.7 Å². The monoisotopic (exact) mass is 270 g/mol. The predicted octanol–water partition coefficient (Wildman–Crippen LogP) is 3.17. The zero-order valence-electron chi connectivity index (χ0n) is 10.7. The summed E-state index contributed by atoms with van der Waals surface area (Å²) in [4.78, 5) is 15.3. The van der Waals surface area contributed by atoms with Crippen LogP contribution in [-0.4, -0.2) is 20.6 Å². The first-order chi connectivity index (χ1) is 9.56. The lowest BCUT2D eigenvalue weighted by molar-refractivity contribution is 0.0699. The zero-order chi connectivity index (χ0) is 14.3. The molecule has 4 nitrogen and oxygen atoms in total. The van der Waals surface area contributed by atoms with Gasteiger partial charge in [0.05, 0.1) is 16.8 Å². The quantitative estimate of drug-likeness (QED) is 0.778. The maximum absolute atomic E-state index is 13.5. The van der Waals surface area contributed by atoms with E-state index in [9.17, 15) is 9.18 Å². The minimum Gasteiger partial charge on any atom is -0.478 e. The van der Waals surface area contributed by atoms with Gasteiger partial charge in [-0.05, 0) is 42.8 Å². The third-order valence-electron chi connectivity index (χ3n) is 3.11. The summed E-state index contributed by atoms with van der Waals surface area (Å²) in [6, 6.07) is 9.55. The number of aromatic carboxylic acids is 1. The van der Waals surface area contributed by atoms with E-state index in [1.807, 2.05) is 6.07 Å². The molecule has 100 valence electrons. The molecule has 1 N–H and O–H groups in total. The maximum atomic E-state index is 13.5. The SMILES string of the molecule is Cc1cc(F)cc(-n2cnc3c(C(=O)O)cccc32)c1. The molecule has 0 spiro atoms. The lowest BCUT2D eigenvalue weighted by atomic mass is 10.1. The molecule has 0 amide bonds. The standard InChI is InChI=1S/C15H11FN2O2/c1-9-5-10(16)7-11(6-9)18-8-17-14-12(15(19)20)3-2-4-13(14)18/h2-8H,1H3,(H,19,20). The minimum absolute atomic E-state index is 0.134. The second kappa shape index (κ2) is 4.45. The van der Waals surface area contributed by atoms with Gasteiger partial charge >= 0.3 is 5.97 Å². The largest absolute Gasteiger partial charge is 0.478 e. The summed E-state index contributed by atoms with van der Waals surface area (Å²) in [5.41, 5.74) is 2.56. The lowest BCUT2D eigenvalue weighted by Crippen LogP contribution is -1.98. The number of fused-ring (bicyclic) bond motifs is 1. The second-order valence-electron chi connectivity index (χ2n) is 4.58. The van der Waals surface area contributed by atoms with E-state index in [0.717, 1.165) is 5.56 Å². The van der Waals surface area contributed by atoms with Crippen LogP contribution in [0.4, 0.5) is 4.39 Å². The van der Waals surface area contributed by atoms with E-state index in [0.29, 0.717) is 16.7 Å². The summed E-state index contributed by atoms with van der Waals surface area (Å²) in [5.74, 6) is -1.37. The van der Waals surface area contributed by atoms with E-state index in [-0.39, 0.29) is 11.4 Å². The summed E-state index contributed by atoms with van der Waals surface area (Å²) in [5, 5.41) is 9.14. The number of aryl methyl sites for hydroxylation is 1. The molecule has 0 aliphatic carbocycles. The van der Waals surface area contributed by atoms with Gasteiger partial charge in [0.25, 0.3) is 0 Å². The van der Waals surface area contributed by atoms with E-state index in [1.54, 1.807) is 23.6 Å². The van der Waals surface area contributed by atoms with E-state index in [2.05, 4.69) is 4.98 Å². The number of aromatic nitrogens is 2. The van der Waals surface area contributed by atoms with Crippen LogP contribution in [0.5, 0.6) is 0 Å². The molecule has 0 atom stereocenters. The Morgan fingerprint density at radius 2 is 2.10 bits per heavy atom. The van der Waals surface area contributed by atoms with Gasteiger partial charge in [0.1, 0.15) is 17.7 Å². The third kappa shape index (κ3) is 1.93. The Bertz CT molecular complexity index is 804. The summed E-state index contributed by atoms with van der Waals surface area (Å²) in [7, 11) is 0. The van der Waals surface area contributed by atoms with E-state index in [1.165, 1.54) is 24.5 Å². The minimum atomic E-state index is -1.03. The van der Waals surface area contributed by atoms with Crippen LogP contribution in [-0.2, 0) is 0 Å². The molecular formula is C15H11FN2O2. The van der Waals surface area contributed by atoms with Gasteiger partial charge in [-0.1, -0.05) is 6.07 Å². The Labute approximate surface area is 114 Å². The third-order valence-corrected chi connectivity index (χ3v) is 3.11. The predicted molar refractivity (Wildman–Crippen MR) is 72.7 cm³/mol. The van der Waals surface area contributed by atoms with Gasteiger partial charge in [-0.3, -0.25) is 4.57 Å². The highest BCUT2D eigenvalue weighted by Crippen LogP contribution is 2.22. The molecule has 3 rings (SSSR count). The molecule has 0 saturated heterocycles. The van der Waals surface area contributed by atoms with Crippen molar-refractivity contribution < 1.29 is 14.3 Å². The fourth-order valence-corrected chi connectivity index (χ4v) is 2.27. The molecule has 20 heavy (non-hydrogen) atoms. The zero-order valence-corrected chi connectivity index (χ0v) is 10.7. The topological polar surface area (TPSA) is 55.1 Å². The van der Waals surface area contributed by atoms with Crippen molar-refractivity contribution in [2.75, 3.05) is 0 Å². The summed E-state index contributed by atoms with van der Waals surface area (Å²) in [6.07, 6.45) is 1.51. The summed E-state index contributed by atoms with van der Waals surface area (Å²) < 4.78 is 15.2. The van der Waals surface area contributed by atoms with Crippen LogP contribution in [0, 0.1) is 12.7 Å². The second-order valence-corrected chi connectivity index (χ2v) is 4.58. The fourth-order valence-electron chi connectivity index (χ4n) is 2.27. The maximum Gasteiger partial charge on any atom is 0.337 e. The van der Waals surface area contributed by atoms with Crippen LogP contribution >= 0.6 is 0 Å². The number of halogens is 1. The van der Waals surface area contributed by atoms with Gasteiger partial charge in [-0.15, -0.1) is 0 Å². The van der Waals surface area contributed by atoms with E-state index < -0.39 is 5.97 Å². The average Bonchev–Trinajstić information content (AvgIpc) is 2.80. The van der Waals surface area contributed by atoms with Crippen molar-refractivity contribution in [3.8, 4) is 5.69 Å². The van der Waals surface area contributed by atoms with Crippen molar-refractivity contribution in [2.45, 2.75) is 6.92 Å². The number of carbonyl (C=O) groups is 1. The average molecular weight is 270 g/mol. The van der Waals surface area contributed by atoms with Gasteiger partial charge in [-0.25, -0.2) is 14.2 Å². The van der Waals surface area contributed by atoms with E-state index in [4.69, 9.17) is 5.11 Å². The van der Waals surface area contributed by atoms with Crippen molar-refractivity contribution in [3.05, 3.63) is 59.7 Å². The number of hydrogen-bond acceptors (Lipinski definition) is 2. The van der Waals surface area contributed by atoms with Gasteiger partial charge in [0.15, 0.2) is 0 Å². The first kappa shape index (κ1) is 12.3. The summed E-state index contributed by atoms with van der Waals surface area (Å²) in [6.45, 7) is 1.80. The normalized spacial score (nSPS) is 10.9. The highest BCUT2D eigenvalue weighted by Gasteiger charge is 2.13. The van der Waals surface area contributed by atoms with Gasteiger partial charge in [0.2, 0.25) is 0 Å². The summed E-state index contributed by atoms with van der Waals surface area (Å²) >= 11 is 0. The number of benzene rings is 2. The first-order valence-corrected chi connectivity index (χ1v) is 6.03. The number of carboxylic acids is 1. The van der Waals surface area contributed by atoms with Crippen molar-refractivity contribution in [1.29, 1.82) is 0 Å². The van der Waals surface area contributed by atoms with E-state index >= 15 is 0 Å². The van der Waals surface area contributed by atoms with Crippen molar-refractivity contribution in [3.63, 3.8) is 0 Å². The fraction of sp³-hybridized carbons (Fsp3) is 0.0667. The van der Waals surface area contributed by atoms with Gasteiger partial charge in [-0.2, -0.15) is 0 Å². The number of rotatable bonds is 2. The molecule has 0 saturated carbocycles. The first-order valence-electron chi connectivity index (χ1n) is 6.03. The smallest absolute Gasteiger partial charge is 0.337 e. The van der Waals surface area contributed by atoms with Crippen LogP contribution in [0.1, 0.15) is 15.9 Å². The number of hydrogen-bond donors (Lipinski definition) is 1. The Morgan fingerprint density at radius 1 is 1.30 bits per heavy atom. The number of para-hydroxylation sites is 1. The molecule has 0 bridgehead atoms. The number of carboxylic acid groups (broad SMARTS) is 1. The molecule has 1 heterocycles. The molecule has 5 heteroatoms. The molecule has 0 radical (unpaired) electrons. The van der Waals surface area contributed by atoms with Crippen molar-refractivity contribution in [1.82, 2.24) is 9.55 Å². The Hall–Kier alpha value is -2.69. The van der Waals surface area contributed by atoms with Crippen LogP contribution in [0.15, 0.2) is 42.7 Å². The van der Waals surface area contributed by atoms with Crippen molar-refractivity contribution in [2.24, 2.45) is 0 Å². The van der Waals surface area contributed by atoms with Crippen LogP contribution in [0.2, 0.25) is 0 Å². The molecule has 1 aromatic heterocycles. The number of imidazole rings is 1. The molecule has 3 aromatic rings. The molecule has 0 aliphatic heterocycles. The Kier molecular flexibility index (Phi) is 2.75. The Morgan fingerprint density at radius 3 is 2.80 bits per heavy atom. The van der Waals surface area contributed by atoms with Gasteiger partial charge in [0, 0.05) is 0 Å². The van der Waals surface area contributed by atoms with Gasteiger partial charge < -0.3 is 5.11 Å². The number of nitrogens with zero attached hydrogens (tertiary/aromatic N) is 2. The van der Waals surface area contributed by atoms with Crippen molar-refractivity contribution >= 4 is 17.0 Å². The molecule has 0 unspecified atom stereocenters. The van der Waals surface area contributed by atoms with Crippen LogP contribution in [0.3, 0.4) is 0 Å². The Balaban J connectivity index is 2.28. The molecule has 0 aliphatic rings. The molecule has 0 fully saturated rings. The molecular weight excluding hydrogens is 259 g/mol. The highest BCUT2D eigenvalue weighted by atomic mass is 19.1. The molecule has 2 aromatic carbocycles. The van der Waals surface area contributed by atoms with Crippen LogP contribution < -0.4 is 0 Å².